The highest BCUT2D eigenvalue weighted by molar-refractivity contribution is 7.89. The molecule has 1 N–H and O–H groups in total. The van der Waals surface area contributed by atoms with Gasteiger partial charge in [0.1, 0.15) is 16.3 Å². The van der Waals surface area contributed by atoms with Crippen LogP contribution >= 0.6 is 11.6 Å². The number of rotatable bonds is 5. The second kappa shape index (κ2) is 7.92. The van der Waals surface area contributed by atoms with E-state index in [2.05, 4.69) is 5.32 Å². The Morgan fingerprint density at radius 2 is 1.89 bits per heavy atom. The smallest absolute Gasteiger partial charge is 0.272 e. The predicted octanol–water partition coefficient (Wildman–Crippen LogP) is 3.11. The molecule has 0 spiro atoms. The Morgan fingerprint density at radius 1 is 1.19 bits per heavy atom. The number of carbonyl (C=O) groups is 1. The number of ether oxygens (including phenoxy) is 1. The minimum absolute atomic E-state index is 0.129. The molecule has 9 heteroatoms. The van der Waals surface area contributed by atoms with Gasteiger partial charge in [-0.3, -0.25) is 4.79 Å². The van der Waals surface area contributed by atoms with Crippen molar-refractivity contribution in [3.05, 3.63) is 41.2 Å². The Kier molecular flexibility index (Phi) is 5.78. The van der Waals surface area contributed by atoms with Gasteiger partial charge in [-0.25, -0.2) is 8.42 Å². The van der Waals surface area contributed by atoms with Crippen molar-refractivity contribution in [1.29, 1.82) is 0 Å². The van der Waals surface area contributed by atoms with Gasteiger partial charge < -0.3 is 14.6 Å². The number of carbonyl (C=O) groups excluding carboxylic acids is 1. The zero-order chi connectivity index (χ0) is 19.6. The fourth-order valence-electron chi connectivity index (χ4n) is 3.09. The lowest BCUT2D eigenvalue weighted by Crippen LogP contribution is -2.35. The van der Waals surface area contributed by atoms with Crippen LogP contribution in [0.5, 0.6) is 5.75 Å². The first-order valence-electron chi connectivity index (χ1n) is 8.64. The molecule has 146 valence electrons. The number of nitrogens with zero attached hydrogens (tertiary/aromatic N) is 2. The normalized spacial score (nSPS) is 15.5. The fourth-order valence-corrected chi connectivity index (χ4v) is 4.94. The van der Waals surface area contributed by atoms with E-state index >= 15 is 0 Å². The molecule has 1 aromatic carbocycles. The molecule has 0 aliphatic carbocycles. The van der Waals surface area contributed by atoms with E-state index in [0.29, 0.717) is 29.5 Å². The summed E-state index contributed by atoms with van der Waals surface area (Å²) in [5.74, 6) is 0.0854. The van der Waals surface area contributed by atoms with Crippen LogP contribution in [0.2, 0.25) is 5.02 Å². The first-order chi connectivity index (χ1) is 12.8. The van der Waals surface area contributed by atoms with Gasteiger partial charge >= 0.3 is 0 Å². The Morgan fingerprint density at radius 3 is 2.52 bits per heavy atom. The average Bonchev–Trinajstić information content (AvgIpc) is 3.05. The molecule has 1 fully saturated rings. The Bertz CT molecular complexity index is 950. The van der Waals surface area contributed by atoms with E-state index in [1.165, 1.54) is 28.2 Å². The molecule has 1 aromatic heterocycles. The highest BCUT2D eigenvalue weighted by Crippen LogP contribution is 2.28. The predicted molar refractivity (Wildman–Crippen MR) is 104 cm³/mol. The van der Waals surface area contributed by atoms with Crippen molar-refractivity contribution in [3.8, 4) is 5.75 Å². The number of nitrogens with one attached hydrogen (secondary N) is 1. The maximum absolute atomic E-state index is 12.8. The van der Waals surface area contributed by atoms with Crippen LogP contribution in [0.15, 0.2) is 35.4 Å². The topological polar surface area (TPSA) is 80.6 Å². The molecule has 1 aliphatic heterocycles. The maximum Gasteiger partial charge on any atom is 0.272 e. The molecule has 7 nitrogen and oxygen atoms in total. The summed E-state index contributed by atoms with van der Waals surface area (Å²) in [6.07, 6.45) is 4.23. The molecular formula is C18H22ClN3O4S. The molecule has 1 amide bonds. The summed E-state index contributed by atoms with van der Waals surface area (Å²) >= 11 is 6.07. The van der Waals surface area contributed by atoms with Gasteiger partial charge in [-0.05, 0) is 37.1 Å². The van der Waals surface area contributed by atoms with Crippen molar-refractivity contribution in [3.63, 3.8) is 0 Å². The lowest BCUT2D eigenvalue weighted by atomic mass is 10.2. The molecule has 2 heterocycles. The molecule has 3 rings (SSSR count). The maximum atomic E-state index is 12.8. The summed E-state index contributed by atoms with van der Waals surface area (Å²) in [5.41, 5.74) is 0.741. The van der Waals surface area contributed by atoms with Crippen LogP contribution in [0.4, 0.5) is 5.69 Å². The lowest BCUT2D eigenvalue weighted by molar-refractivity contribution is 0.101. The third kappa shape index (κ3) is 4.12. The van der Waals surface area contributed by atoms with Crippen molar-refractivity contribution in [2.24, 2.45) is 7.05 Å². The van der Waals surface area contributed by atoms with Crippen LogP contribution in [-0.4, -0.2) is 43.4 Å². The number of benzene rings is 1. The highest BCUT2D eigenvalue weighted by atomic mass is 35.5. The highest BCUT2D eigenvalue weighted by Gasteiger charge is 2.28. The zero-order valence-electron chi connectivity index (χ0n) is 15.2. The minimum atomic E-state index is -3.59. The monoisotopic (exact) mass is 411 g/mol. The molecule has 1 aliphatic rings. The average molecular weight is 412 g/mol. The molecule has 2 aromatic rings. The third-order valence-electron chi connectivity index (χ3n) is 4.57. The number of sulfonamides is 1. The molecule has 27 heavy (non-hydrogen) atoms. The van der Waals surface area contributed by atoms with Gasteiger partial charge in [0.25, 0.3) is 5.91 Å². The van der Waals surface area contributed by atoms with Gasteiger partial charge in [0.05, 0.1) is 12.1 Å². The van der Waals surface area contributed by atoms with Gasteiger partial charge in [-0.15, -0.1) is 0 Å². The molecule has 0 saturated carbocycles. The van der Waals surface area contributed by atoms with Crippen LogP contribution in [-0.2, 0) is 17.1 Å². The van der Waals surface area contributed by atoms with Crippen LogP contribution in [0.1, 0.15) is 29.8 Å². The van der Waals surface area contributed by atoms with Crippen molar-refractivity contribution in [1.82, 2.24) is 8.87 Å². The van der Waals surface area contributed by atoms with Gasteiger partial charge in [-0.1, -0.05) is 18.0 Å². The Labute approximate surface area is 163 Å². The fraction of sp³-hybridized carbons (Fsp3) is 0.389. The first-order valence-corrected chi connectivity index (χ1v) is 10.5. The Hall–Kier alpha value is -2.03. The number of halogens is 1. The number of hydrogen-bond acceptors (Lipinski definition) is 4. The van der Waals surface area contributed by atoms with E-state index < -0.39 is 15.9 Å². The summed E-state index contributed by atoms with van der Waals surface area (Å²) in [7, 11) is -0.439. The van der Waals surface area contributed by atoms with Crippen molar-refractivity contribution in [2.45, 2.75) is 24.2 Å². The number of hydrogen-bond donors (Lipinski definition) is 1. The molecule has 1 saturated heterocycles. The zero-order valence-corrected chi connectivity index (χ0v) is 16.8. The third-order valence-corrected chi connectivity index (χ3v) is 6.73. The van der Waals surface area contributed by atoms with Gasteiger partial charge in [0, 0.05) is 32.0 Å². The second-order valence-electron chi connectivity index (χ2n) is 6.44. The van der Waals surface area contributed by atoms with Crippen molar-refractivity contribution >= 4 is 33.2 Å². The first kappa shape index (κ1) is 19.7. The number of aromatic nitrogens is 1. The lowest BCUT2D eigenvalue weighted by Gasteiger charge is -2.25. The number of anilines is 1. The largest absolute Gasteiger partial charge is 0.495 e. The van der Waals surface area contributed by atoms with Crippen molar-refractivity contribution < 1.29 is 17.9 Å². The quantitative estimate of drug-likeness (QED) is 0.819. The summed E-state index contributed by atoms with van der Waals surface area (Å²) in [5, 5.41) is 3.10. The molecule has 0 atom stereocenters. The van der Waals surface area contributed by atoms with E-state index in [9.17, 15) is 13.2 Å². The summed E-state index contributed by atoms with van der Waals surface area (Å²) in [6, 6.07) is 6.29. The molecule has 0 unspecified atom stereocenters. The Balaban J connectivity index is 1.81. The van der Waals surface area contributed by atoms with Gasteiger partial charge in [0.2, 0.25) is 10.0 Å². The van der Waals surface area contributed by atoms with E-state index in [4.69, 9.17) is 16.3 Å². The second-order valence-corrected chi connectivity index (χ2v) is 8.79. The SMILES string of the molecule is COc1ccc(NC(=O)c2cc(S(=O)(=O)N3CCCCC3)cn2C)cc1Cl. The van der Waals surface area contributed by atoms with E-state index in [1.807, 2.05) is 0 Å². The van der Waals surface area contributed by atoms with Gasteiger partial charge in [-0.2, -0.15) is 4.31 Å². The molecule has 0 radical (unpaired) electrons. The van der Waals surface area contributed by atoms with Crippen LogP contribution in [0.25, 0.3) is 0 Å². The van der Waals surface area contributed by atoms with Crippen molar-refractivity contribution in [2.75, 3.05) is 25.5 Å². The summed E-state index contributed by atoms with van der Waals surface area (Å²) < 4.78 is 33.7. The minimum Gasteiger partial charge on any atom is -0.495 e. The number of aryl methyl sites for hydroxylation is 1. The standard InChI is InChI=1S/C18H22ClN3O4S/c1-21-12-14(27(24,25)22-8-4-3-5-9-22)11-16(21)18(23)20-13-6-7-17(26-2)15(19)10-13/h6-7,10-12H,3-5,8-9H2,1-2H3,(H,20,23). The van der Waals surface area contributed by atoms with Gasteiger partial charge in [0.15, 0.2) is 0 Å². The number of amides is 1. The molecule has 0 bridgehead atoms. The van der Waals surface area contributed by atoms with E-state index in [0.717, 1.165) is 19.3 Å². The summed E-state index contributed by atoms with van der Waals surface area (Å²) in [6.45, 7) is 1.03. The van der Waals surface area contributed by atoms with Crippen LogP contribution in [0, 0.1) is 0 Å². The number of piperidine rings is 1. The van der Waals surface area contributed by atoms with Crippen LogP contribution < -0.4 is 10.1 Å². The van der Waals surface area contributed by atoms with E-state index in [-0.39, 0.29) is 10.6 Å². The summed E-state index contributed by atoms with van der Waals surface area (Å²) in [4.78, 5) is 12.7. The van der Waals surface area contributed by atoms with E-state index in [1.54, 1.807) is 25.2 Å². The number of methoxy groups -OCH3 is 1. The van der Waals surface area contributed by atoms with Crippen LogP contribution in [0.3, 0.4) is 0 Å². The molecular weight excluding hydrogens is 390 g/mol.